The lowest BCUT2D eigenvalue weighted by Gasteiger charge is -2.18. The molecule has 0 aromatic heterocycles. The first-order valence-corrected chi connectivity index (χ1v) is 7.16. The van der Waals surface area contributed by atoms with E-state index in [9.17, 15) is 0 Å². The van der Waals surface area contributed by atoms with Gasteiger partial charge in [-0.1, -0.05) is 57.8 Å². The van der Waals surface area contributed by atoms with Gasteiger partial charge < -0.3 is 5.73 Å². The number of nitrogens with two attached hydrogens (primary N) is 1. The lowest BCUT2D eigenvalue weighted by atomic mass is 10.0. The molecule has 2 nitrogen and oxygen atoms in total. The van der Waals surface area contributed by atoms with Crippen LogP contribution in [0.2, 0.25) is 0 Å². The van der Waals surface area contributed by atoms with E-state index in [2.05, 4.69) is 18.2 Å². The van der Waals surface area contributed by atoms with Crippen LogP contribution in [-0.4, -0.2) is 18.6 Å². The molecule has 0 fully saturated rings. The van der Waals surface area contributed by atoms with Crippen molar-refractivity contribution in [3.8, 4) is 12.3 Å². The van der Waals surface area contributed by atoms with Crippen LogP contribution < -0.4 is 11.1 Å². The Bertz CT molecular complexity index is 196. The molecule has 0 amide bonds. The second kappa shape index (κ2) is 12.0. The third-order valence-corrected chi connectivity index (χ3v) is 3.18. The van der Waals surface area contributed by atoms with Gasteiger partial charge in [-0.05, 0) is 13.3 Å². The molecule has 0 spiro atoms. The minimum absolute atomic E-state index is 0.133. The maximum atomic E-state index is 5.73. The summed E-state index contributed by atoms with van der Waals surface area (Å²) < 4.78 is 0. The molecule has 3 N–H and O–H groups in total. The summed E-state index contributed by atoms with van der Waals surface area (Å²) in [4.78, 5) is 0. The fraction of sp³-hybridized carbons (Fsp3) is 0.867. The lowest BCUT2D eigenvalue weighted by Crippen LogP contribution is -2.40. The Morgan fingerprint density at radius 2 is 1.71 bits per heavy atom. The molecule has 0 aliphatic rings. The number of rotatable bonds is 11. The number of unbranched alkanes of at least 4 members (excludes halogenated alkanes) is 6. The quantitative estimate of drug-likeness (QED) is 0.429. The molecule has 100 valence electrons. The van der Waals surface area contributed by atoms with Gasteiger partial charge in [0, 0.05) is 12.6 Å². The molecular formula is C15H30N2. The highest BCUT2D eigenvalue weighted by molar-refractivity contribution is 4.97. The Hall–Kier alpha value is -0.520. The summed E-state index contributed by atoms with van der Waals surface area (Å²) in [5, 5.41) is 3.37. The van der Waals surface area contributed by atoms with E-state index in [-0.39, 0.29) is 6.04 Å². The average molecular weight is 238 g/mol. The summed E-state index contributed by atoms with van der Waals surface area (Å²) in [7, 11) is 0. The molecule has 0 saturated heterocycles. The summed E-state index contributed by atoms with van der Waals surface area (Å²) in [6.07, 6.45) is 15.9. The first kappa shape index (κ1) is 16.5. The first-order chi connectivity index (χ1) is 8.24. The predicted molar refractivity (Wildman–Crippen MR) is 76.9 cm³/mol. The zero-order valence-electron chi connectivity index (χ0n) is 11.7. The highest BCUT2D eigenvalue weighted by Crippen LogP contribution is 2.09. The van der Waals surface area contributed by atoms with Crippen LogP contribution >= 0.6 is 0 Å². The molecule has 0 saturated carbocycles. The van der Waals surface area contributed by atoms with Gasteiger partial charge in [-0.15, -0.1) is 6.42 Å². The van der Waals surface area contributed by atoms with Crippen molar-refractivity contribution in [3.05, 3.63) is 0 Å². The maximum absolute atomic E-state index is 5.73. The van der Waals surface area contributed by atoms with Crippen LogP contribution in [0.4, 0.5) is 0 Å². The van der Waals surface area contributed by atoms with Crippen LogP contribution in [0.5, 0.6) is 0 Å². The number of hydrogen-bond donors (Lipinski definition) is 2. The molecule has 2 heteroatoms. The highest BCUT2D eigenvalue weighted by Gasteiger charge is 2.07. The Balaban J connectivity index is 3.41. The van der Waals surface area contributed by atoms with Crippen molar-refractivity contribution in [1.29, 1.82) is 0 Å². The van der Waals surface area contributed by atoms with Crippen LogP contribution in [0.25, 0.3) is 0 Å². The zero-order valence-corrected chi connectivity index (χ0v) is 11.7. The fourth-order valence-electron chi connectivity index (χ4n) is 2.02. The molecule has 0 aliphatic heterocycles. The smallest absolute Gasteiger partial charge is 0.0660 e. The van der Waals surface area contributed by atoms with Crippen molar-refractivity contribution >= 4 is 0 Å². The van der Waals surface area contributed by atoms with Gasteiger partial charge in [-0.25, -0.2) is 0 Å². The van der Waals surface area contributed by atoms with Crippen molar-refractivity contribution in [2.45, 2.75) is 77.3 Å². The van der Waals surface area contributed by atoms with Crippen LogP contribution in [0.3, 0.4) is 0 Å². The number of hydrogen-bond acceptors (Lipinski definition) is 2. The van der Waals surface area contributed by atoms with E-state index in [1.807, 2.05) is 6.92 Å². The second-order valence-electron chi connectivity index (χ2n) is 4.90. The predicted octanol–water partition coefficient (Wildman–Crippen LogP) is 3.07. The summed E-state index contributed by atoms with van der Waals surface area (Å²) in [5.74, 6) is 2.69. The van der Waals surface area contributed by atoms with Crippen molar-refractivity contribution < 1.29 is 0 Å². The first-order valence-electron chi connectivity index (χ1n) is 7.16. The molecule has 0 rings (SSSR count). The molecule has 0 aromatic rings. The largest absolute Gasteiger partial charge is 0.329 e. The molecule has 0 heterocycles. The van der Waals surface area contributed by atoms with Gasteiger partial charge in [0.2, 0.25) is 0 Å². The van der Waals surface area contributed by atoms with Crippen LogP contribution in [0.15, 0.2) is 0 Å². The van der Waals surface area contributed by atoms with Gasteiger partial charge in [0.05, 0.1) is 6.04 Å². The second-order valence-corrected chi connectivity index (χ2v) is 4.90. The monoisotopic (exact) mass is 238 g/mol. The number of terminal acetylenes is 1. The van der Waals surface area contributed by atoms with Crippen molar-refractivity contribution in [1.82, 2.24) is 5.32 Å². The SMILES string of the molecule is C#CC(C)NC(CN)CCCCCCCCC. The molecular weight excluding hydrogens is 208 g/mol. The third-order valence-electron chi connectivity index (χ3n) is 3.18. The van der Waals surface area contributed by atoms with Crippen LogP contribution in [0, 0.1) is 12.3 Å². The maximum Gasteiger partial charge on any atom is 0.0660 e. The Kier molecular flexibility index (Phi) is 11.6. The van der Waals surface area contributed by atoms with Crippen molar-refractivity contribution in [2.75, 3.05) is 6.54 Å². The Morgan fingerprint density at radius 3 is 2.24 bits per heavy atom. The number of nitrogens with one attached hydrogen (secondary N) is 1. The van der Waals surface area contributed by atoms with E-state index < -0.39 is 0 Å². The van der Waals surface area contributed by atoms with Gasteiger partial charge >= 0.3 is 0 Å². The van der Waals surface area contributed by atoms with E-state index in [1.54, 1.807) is 0 Å². The van der Waals surface area contributed by atoms with Crippen LogP contribution in [-0.2, 0) is 0 Å². The molecule has 0 aromatic carbocycles. The minimum atomic E-state index is 0.133. The normalized spacial score (nSPS) is 14.2. The summed E-state index contributed by atoms with van der Waals surface area (Å²) in [6, 6.07) is 0.518. The average Bonchev–Trinajstić information content (AvgIpc) is 2.35. The van der Waals surface area contributed by atoms with Crippen molar-refractivity contribution in [2.24, 2.45) is 5.73 Å². The molecule has 17 heavy (non-hydrogen) atoms. The molecule has 0 aliphatic carbocycles. The highest BCUT2D eigenvalue weighted by atomic mass is 15.0. The standard InChI is InChI=1S/C15H30N2/c1-4-6-7-8-9-10-11-12-15(13-16)17-14(3)5-2/h2,14-15,17H,4,6-13,16H2,1,3H3. The van der Waals surface area contributed by atoms with Crippen LogP contribution in [0.1, 0.15) is 65.2 Å². The molecule has 0 radical (unpaired) electrons. The van der Waals surface area contributed by atoms with E-state index in [4.69, 9.17) is 12.2 Å². The minimum Gasteiger partial charge on any atom is -0.329 e. The lowest BCUT2D eigenvalue weighted by molar-refractivity contribution is 0.444. The van der Waals surface area contributed by atoms with Gasteiger partial charge in [0.15, 0.2) is 0 Å². The van der Waals surface area contributed by atoms with Gasteiger partial charge in [-0.2, -0.15) is 0 Å². The Morgan fingerprint density at radius 1 is 1.12 bits per heavy atom. The van der Waals surface area contributed by atoms with Gasteiger partial charge in [0.25, 0.3) is 0 Å². The molecule has 2 atom stereocenters. The molecule has 0 bridgehead atoms. The topological polar surface area (TPSA) is 38.0 Å². The van der Waals surface area contributed by atoms with E-state index in [1.165, 1.54) is 44.9 Å². The summed E-state index contributed by atoms with van der Waals surface area (Å²) >= 11 is 0. The van der Waals surface area contributed by atoms with Gasteiger partial charge in [-0.3, -0.25) is 5.32 Å². The van der Waals surface area contributed by atoms with E-state index in [0.717, 1.165) is 6.42 Å². The zero-order chi connectivity index (χ0) is 12.9. The summed E-state index contributed by atoms with van der Waals surface area (Å²) in [5.41, 5.74) is 5.73. The van der Waals surface area contributed by atoms with E-state index in [0.29, 0.717) is 12.6 Å². The van der Waals surface area contributed by atoms with E-state index >= 15 is 0 Å². The van der Waals surface area contributed by atoms with Crippen molar-refractivity contribution in [3.63, 3.8) is 0 Å². The summed E-state index contributed by atoms with van der Waals surface area (Å²) in [6.45, 7) is 4.94. The third kappa shape index (κ3) is 10.4. The van der Waals surface area contributed by atoms with Gasteiger partial charge in [0.1, 0.15) is 0 Å². The Labute approximate surface area is 108 Å². The fourth-order valence-corrected chi connectivity index (χ4v) is 2.02. The molecule has 2 unspecified atom stereocenters.